The molecule has 0 amide bonds. The number of fused-ring (bicyclic) bond motifs is 2. The van der Waals surface area contributed by atoms with Crippen LogP contribution in [0, 0.1) is 0 Å². The molecule has 1 aromatic carbocycles. The standard InChI is InChI=1S/C14H18N4/c1-3-5-17-9-15-11-8-14-12(7-13(11)17)16-10-18(14)6-4-2/h7-10H,3-6H2,1-2H3. The molecule has 94 valence electrons. The molecular weight excluding hydrogens is 224 g/mol. The topological polar surface area (TPSA) is 35.6 Å². The minimum absolute atomic E-state index is 1.01. The lowest BCUT2D eigenvalue weighted by Gasteiger charge is -2.03. The largest absolute Gasteiger partial charge is 0.331 e. The molecule has 0 aliphatic heterocycles. The number of aryl methyl sites for hydroxylation is 2. The Kier molecular flexibility index (Phi) is 2.78. The minimum atomic E-state index is 1.01. The first kappa shape index (κ1) is 11.3. The Balaban J connectivity index is 2.19. The van der Waals surface area contributed by atoms with Crippen molar-refractivity contribution in [2.75, 3.05) is 0 Å². The molecule has 18 heavy (non-hydrogen) atoms. The van der Waals surface area contributed by atoms with E-state index >= 15 is 0 Å². The Labute approximate surface area is 106 Å². The quantitative estimate of drug-likeness (QED) is 0.704. The van der Waals surface area contributed by atoms with E-state index < -0.39 is 0 Å². The van der Waals surface area contributed by atoms with E-state index in [-0.39, 0.29) is 0 Å². The highest BCUT2D eigenvalue weighted by atomic mass is 15.1. The second kappa shape index (κ2) is 4.44. The molecule has 0 saturated carbocycles. The predicted octanol–water partition coefficient (Wildman–Crippen LogP) is 3.21. The molecule has 4 nitrogen and oxygen atoms in total. The Hall–Kier alpha value is -1.84. The highest BCUT2D eigenvalue weighted by molar-refractivity contribution is 5.91. The molecule has 0 bridgehead atoms. The molecule has 0 radical (unpaired) electrons. The van der Waals surface area contributed by atoms with Crippen LogP contribution in [0.25, 0.3) is 22.1 Å². The molecule has 2 heterocycles. The molecular formula is C14H18N4. The Morgan fingerprint density at radius 2 is 1.28 bits per heavy atom. The summed E-state index contributed by atoms with van der Waals surface area (Å²) in [5.74, 6) is 0. The van der Waals surface area contributed by atoms with Gasteiger partial charge in [-0.05, 0) is 25.0 Å². The van der Waals surface area contributed by atoms with E-state index in [9.17, 15) is 0 Å². The van der Waals surface area contributed by atoms with Gasteiger partial charge in [-0.15, -0.1) is 0 Å². The summed E-state index contributed by atoms with van der Waals surface area (Å²) in [6.45, 7) is 6.38. The molecule has 0 aliphatic rings. The summed E-state index contributed by atoms with van der Waals surface area (Å²) in [6.07, 6.45) is 6.09. The van der Waals surface area contributed by atoms with Gasteiger partial charge in [0.05, 0.1) is 34.7 Å². The van der Waals surface area contributed by atoms with Crippen molar-refractivity contribution < 1.29 is 0 Å². The van der Waals surface area contributed by atoms with Gasteiger partial charge >= 0.3 is 0 Å². The first-order valence-electron chi connectivity index (χ1n) is 6.63. The maximum Gasteiger partial charge on any atom is 0.0958 e. The SMILES string of the molecule is CCCn1cnc2cc3c(cc21)ncn3CCC. The van der Waals surface area contributed by atoms with Gasteiger partial charge in [-0.1, -0.05) is 13.8 Å². The fraction of sp³-hybridized carbons (Fsp3) is 0.429. The number of benzene rings is 1. The summed E-state index contributed by atoms with van der Waals surface area (Å²) in [7, 11) is 0. The van der Waals surface area contributed by atoms with Crippen molar-refractivity contribution in [2.24, 2.45) is 0 Å². The van der Waals surface area contributed by atoms with Gasteiger partial charge in [0.15, 0.2) is 0 Å². The van der Waals surface area contributed by atoms with Crippen LogP contribution in [-0.4, -0.2) is 19.1 Å². The highest BCUT2D eigenvalue weighted by Crippen LogP contribution is 2.21. The maximum atomic E-state index is 4.49. The number of hydrogen-bond acceptors (Lipinski definition) is 2. The van der Waals surface area contributed by atoms with Crippen LogP contribution in [0.4, 0.5) is 0 Å². The summed E-state index contributed by atoms with van der Waals surface area (Å²) in [4.78, 5) is 8.98. The Morgan fingerprint density at radius 3 is 1.67 bits per heavy atom. The predicted molar refractivity (Wildman–Crippen MR) is 73.6 cm³/mol. The van der Waals surface area contributed by atoms with Crippen molar-refractivity contribution >= 4 is 22.1 Å². The van der Waals surface area contributed by atoms with Crippen LogP contribution in [0.5, 0.6) is 0 Å². The zero-order valence-electron chi connectivity index (χ0n) is 10.9. The van der Waals surface area contributed by atoms with E-state index in [1.165, 1.54) is 11.0 Å². The number of imidazole rings is 2. The van der Waals surface area contributed by atoms with Gasteiger partial charge in [-0.3, -0.25) is 0 Å². The molecule has 3 aromatic rings. The van der Waals surface area contributed by atoms with E-state index in [0.717, 1.165) is 37.0 Å². The van der Waals surface area contributed by atoms with Crippen molar-refractivity contribution in [1.82, 2.24) is 19.1 Å². The smallest absolute Gasteiger partial charge is 0.0958 e. The molecule has 0 saturated heterocycles. The molecule has 3 rings (SSSR count). The van der Waals surface area contributed by atoms with E-state index in [2.05, 4.69) is 45.1 Å². The summed E-state index contributed by atoms with van der Waals surface area (Å²) in [6, 6.07) is 4.30. The molecule has 0 aliphatic carbocycles. The van der Waals surface area contributed by atoms with Crippen molar-refractivity contribution in [1.29, 1.82) is 0 Å². The lowest BCUT2D eigenvalue weighted by atomic mass is 10.2. The maximum absolute atomic E-state index is 4.49. The zero-order valence-corrected chi connectivity index (χ0v) is 10.9. The second-order valence-corrected chi connectivity index (χ2v) is 4.71. The monoisotopic (exact) mass is 242 g/mol. The Morgan fingerprint density at radius 1 is 0.833 bits per heavy atom. The lowest BCUT2D eigenvalue weighted by molar-refractivity contribution is 0.697. The Bertz CT molecular complexity index is 617. The second-order valence-electron chi connectivity index (χ2n) is 4.71. The number of nitrogens with zero attached hydrogens (tertiary/aromatic N) is 4. The average molecular weight is 242 g/mol. The van der Waals surface area contributed by atoms with E-state index in [4.69, 9.17) is 0 Å². The molecule has 0 unspecified atom stereocenters. The van der Waals surface area contributed by atoms with Crippen molar-refractivity contribution in [3.05, 3.63) is 24.8 Å². The molecule has 0 N–H and O–H groups in total. The van der Waals surface area contributed by atoms with Gasteiger partial charge in [0.2, 0.25) is 0 Å². The average Bonchev–Trinajstić information content (AvgIpc) is 2.94. The van der Waals surface area contributed by atoms with Crippen molar-refractivity contribution in [3.63, 3.8) is 0 Å². The fourth-order valence-electron chi connectivity index (χ4n) is 2.45. The van der Waals surface area contributed by atoms with Crippen LogP contribution in [0.3, 0.4) is 0 Å². The van der Waals surface area contributed by atoms with Crippen LogP contribution >= 0.6 is 0 Å². The van der Waals surface area contributed by atoms with Gasteiger partial charge in [0.25, 0.3) is 0 Å². The van der Waals surface area contributed by atoms with Gasteiger partial charge in [0, 0.05) is 13.1 Å². The van der Waals surface area contributed by atoms with Gasteiger partial charge < -0.3 is 9.13 Å². The number of hydrogen-bond donors (Lipinski definition) is 0. The third-order valence-corrected chi connectivity index (χ3v) is 3.29. The summed E-state index contributed by atoms with van der Waals surface area (Å²) in [5, 5.41) is 0. The molecule has 0 fully saturated rings. The lowest BCUT2D eigenvalue weighted by Crippen LogP contribution is -1.95. The molecule has 0 atom stereocenters. The van der Waals surface area contributed by atoms with E-state index in [0.29, 0.717) is 0 Å². The molecule has 0 spiro atoms. The normalized spacial score (nSPS) is 11.7. The number of aromatic nitrogens is 4. The zero-order chi connectivity index (χ0) is 12.5. The third kappa shape index (κ3) is 1.68. The fourth-order valence-corrected chi connectivity index (χ4v) is 2.45. The minimum Gasteiger partial charge on any atom is -0.331 e. The van der Waals surface area contributed by atoms with Crippen LogP contribution in [0.15, 0.2) is 24.8 Å². The van der Waals surface area contributed by atoms with Crippen LogP contribution < -0.4 is 0 Å². The van der Waals surface area contributed by atoms with Crippen LogP contribution in [0.2, 0.25) is 0 Å². The number of rotatable bonds is 4. The first-order valence-corrected chi connectivity index (χ1v) is 6.63. The van der Waals surface area contributed by atoms with Gasteiger partial charge in [0.1, 0.15) is 0 Å². The third-order valence-electron chi connectivity index (χ3n) is 3.29. The first-order chi connectivity index (χ1) is 8.83. The summed E-state index contributed by atoms with van der Waals surface area (Å²) >= 11 is 0. The van der Waals surface area contributed by atoms with Gasteiger partial charge in [-0.25, -0.2) is 9.97 Å². The summed E-state index contributed by atoms with van der Waals surface area (Å²) < 4.78 is 4.40. The summed E-state index contributed by atoms with van der Waals surface area (Å²) in [5.41, 5.74) is 4.50. The molecule has 2 aromatic heterocycles. The van der Waals surface area contributed by atoms with Crippen LogP contribution in [0.1, 0.15) is 26.7 Å². The van der Waals surface area contributed by atoms with Gasteiger partial charge in [-0.2, -0.15) is 0 Å². The van der Waals surface area contributed by atoms with E-state index in [1.807, 2.05) is 12.7 Å². The van der Waals surface area contributed by atoms with Crippen LogP contribution in [-0.2, 0) is 13.1 Å². The van der Waals surface area contributed by atoms with E-state index in [1.54, 1.807) is 0 Å². The highest BCUT2D eigenvalue weighted by Gasteiger charge is 2.08. The van der Waals surface area contributed by atoms with Crippen molar-refractivity contribution in [3.8, 4) is 0 Å². The van der Waals surface area contributed by atoms with Crippen molar-refractivity contribution in [2.45, 2.75) is 39.8 Å². The molecule has 4 heteroatoms.